The van der Waals surface area contributed by atoms with Gasteiger partial charge < -0.3 is 23.6 Å². The molecule has 1 N–H and O–H groups in total. The van der Waals surface area contributed by atoms with Crippen LogP contribution in [0.3, 0.4) is 0 Å². The van der Waals surface area contributed by atoms with Gasteiger partial charge in [0.05, 0.1) is 18.4 Å². The summed E-state index contributed by atoms with van der Waals surface area (Å²) < 4.78 is 16.8. The van der Waals surface area contributed by atoms with Crippen molar-refractivity contribution >= 4 is 22.7 Å². The zero-order valence-corrected chi connectivity index (χ0v) is 17.9. The maximum Gasteiger partial charge on any atom is 0.290 e. The average molecular weight is 443 g/mol. The lowest BCUT2D eigenvalue weighted by molar-refractivity contribution is -0.130. The van der Waals surface area contributed by atoms with Gasteiger partial charge in [-0.3, -0.25) is 9.59 Å². The molecule has 166 valence electrons. The van der Waals surface area contributed by atoms with E-state index >= 15 is 0 Å². The van der Waals surface area contributed by atoms with Gasteiger partial charge in [-0.25, -0.2) is 0 Å². The van der Waals surface area contributed by atoms with Crippen LogP contribution < -0.4 is 4.74 Å². The Labute approximate surface area is 189 Å². The van der Waals surface area contributed by atoms with Crippen molar-refractivity contribution < 1.29 is 28.3 Å². The van der Waals surface area contributed by atoms with Crippen LogP contribution in [0.4, 0.5) is 0 Å². The lowest BCUT2D eigenvalue weighted by Crippen LogP contribution is -2.30. The number of benzene rings is 2. The molecule has 33 heavy (non-hydrogen) atoms. The quantitative estimate of drug-likeness (QED) is 0.395. The van der Waals surface area contributed by atoms with Gasteiger partial charge in [-0.15, -0.1) is 0 Å². The summed E-state index contributed by atoms with van der Waals surface area (Å²) in [4.78, 5) is 28.0. The predicted octanol–water partition coefficient (Wildman–Crippen LogP) is 5.20. The molecule has 1 aliphatic rings. The second kappa shape index (κ2) is 8.35. The molecule has 0 saturated carbocycles. The fraction of sp³-hybridized carbons (Fsp3) is 0.154. The molecule has 0 spiro atoms. The molecule has 0 aliphatic carbocycles. The van der Waals surface area contributed by atoms with E-state index in [0.29, 0.717) is 23.7 Å². The van der Waals surface area contributed by atoms with E-state index in [1.165, 1.54) is 11.2 Å². The van der Waals surface area contributed by atoms with Crippen molar-refractivity contribution in [2.75, 3.05) is 6.61 Å². The highest BCUT2D eigenvalue weighted by Crippen LogP contribution is 2.40. The number of aliphatic hydroxyl groups excluding tert-OH is 1. The summed E-state index contributed by atoms with van der Waals surface area (Å²) in [6, 6.07) is 18.6. The molecule has 1 aliphatic heterocycles. The highest BCUT2D eigenvalue weighted by molar-refractivity contribution is 6.15. The summed E-state index contributed by atoms with van der Waals surface area (Å²) in [7, 11) is 0. The van der Waals surface area contributed by atoms with Crippen LogP contribution >= 0.6 is 0 Å². The molecule has 1 atom stereocenters. The van der Waals surface area contributed by atoms with Gasteiger partial charge >= 0.3 is 0 Å². The zero-order valence-electron chi connectivity index (χ0n) is 17.9. The topological polar surface area (TPSA) is 93.1 Å². The van der Waals surface area contributed by atoms with Crippen molar-refractivity contribution in [2.24, 2.45) is 0 Å². The van der Waals surface area contributed by atoms with Crippen molar-refractivity contribution in [3.63, 3.8) is 0 Å². The fourth-order valence-corrected chi connectivity index (χ4v) is 4.11. The van der Waals surface area contributed by atoms with Crippen LogP contribution in [0.1, 0.15) is 34.8 Å². The maximum absolute atomic E-state index is 13.5. The lowest BCUT2D eigenvalue weighted by Gasteiger charge is -2.25. The Bertz CT molecular complexity index is 1330. The number of hydrogen-bond donors (Lipinski definition) is 1. The Morgan fingerprint density at radius 3 is 2.70 bits per heavy atom. The number of furan rings is 2. The number of aliphatic hydroxyl groups is 1. The van der Waals surface area contributed by atoms with Crippen molar-refractivity contribution in [2.45, 2.75) is 19.5 Å². The van der Waals surface area contributed by atoms with Crippen molar-refractivity contribution in [3.8, 4) is 5.75 Å². The van der Waals surface area contributed by atoms with Gasteiger partial charge in [0.25, 0.3) is 5.91 Å². The molecule has 0 fully saturated rings. The van der Waals surface area contributed by atoms with E-state index < -0.39 is 23.5 Å². The zero-order chi connectivity index (χ0) is 22.9. The Kier molecular flexibility index (Phi) is 5.22. The number of carbonyl (C=O) groups is 2. The summed E-state index contributed by atoms with van der Waals surface area (Å²) >= 11 is 0. The van der Waals surface area contributed by atoms with Crippen LogP contribution in [-0.2, 0) is 11.3 Å². The average Bonchev–Trinajstić information content (AvgIpc) is 3.54. The highest BCUT2D eigenvalue weighted by atomic mass is 16.5. The third kappa shape index (κ3) is 3.67. The number of rotatable bonds is 7. The van der Waals surface area contributed by atoms with E-state index in [4.69, 9.17) is 13.6 Å². The first kappa shape index (κ1) is 20.6. The summed E-state index contributed by atoms with van der Waals surface area (Å²) in [5.41, 5.74) is 1.26. The Morgan fingerprint density at radius 2 is 1.94 bits per heavy atom. The minimum Gasteiger partial charge on any atom is -0.503 e. The number of amides is 1. The molecule has 0 radical (unpaired) electrons. The molecule has 7 heteroatoms. The van der Waals surface area contributed by atoms with Gasteiger partial charge in [0, 0.05) is 11.9 Å². The van der Waals surface area contributed by atoms with E-state index in [0.717, 1.165) is 10.9 Å². The largest absolute Gasteiger partial charge is 0.503 e. The second-order valence-electron chi connectivity index (χ2n) is 7.67. The molecule has 2 aromatic carbocycles. The number of carbonyl (C=O) groups excluding carboxylic acids is 2. The maximum atomic E-state index is 13.5. The standard InChI is InChI=1S/C26H21NO6/c1-2-31-18-9-5-7-16(13-18)15-27-23(20-11-6-12-32-20)22(25(29)26(27)30)24(28)21-14-17-8-3-4-10-19(17)33-21/h3-14,23,29H,2,15H2,1H3. The number of ether oxygens (including phenoxy) is 1. The van der Waals surface area contributed by atoms with Crippen LogP contribution in [0.2, 0.25) is 0 Å². The first-order valence-corrected chi connectivity index (χ1v) is 10.6. The third-order valence-electron chi connectivity index (χ3n) is 5.57. The van der Waals surface area contributed by atoms with Crippen molar-refractivity contribution in [1.82, 2.24) is 4.90 Å². The van der Waals surface area contributed by atoms with E-state index in [9.17, 15) is 14.7 Å². The lowest BCUT2D eigenvalue weighted by atomic mass is 9.99. The SMILES string of the molecule is CCOc1cccc(CN2C(=O)C(O)=C(C(=O)c3cc4ccccc4o3)C2c2ccco2)c1. The molecule has 0 saturated heterocycles. The van der Waals surface area contributed by atoms with E-state index in [-0.39, 0.29) is 17.9 Å². The minimum atomic E-state index is -0.899. The molecule has 2 aromatic heterocycles. The van der Waals surface area contributed by atoms with Crippen molar-refractivity contribution in [1.29, 1.82) is 0 Å². The second-order valence-corrected chi connectivity index (χ2v) is 7.67. The molecule has 1 amide bonds. The molecule has 0 bridgehead atoms. The molecule has 5 rings (SSSR count). The number of fused-ring (bicyclic) bond motifs is 1. The third-order valence-corrected chi connectivity index (χ3v) is 5.57. The molecule has 1 unspecified atom stereocenters. The van der Waals surface area contributed by atoms with Crippen LogP contribution in [0.25, 0.3) is 11.0 Å². The van der Waals surface area contributed by atoms with Crippen LogP contribution in [0, 0.1) is 0 Å². The van der Waals surface area contributed by atoms with E-state index in [2.05, 4.69) is 0 Å². The Morgan fingerprint density at radius 1 is 1.09 bits per heavy atom. The predicted molar refractivity (Wildman–Crippen MR) is 120 cm³/mol. The molecule has 3 heterocycles. The van der Waals surface area contributed by atoms with Gasteiger partial charge in [-0.1, -0.05) is 30.3 Å². The summed E-state index contributed by atoms with van der Waals surface area (Å²) in [5.74, 6) is -0.744. The summed E-state index contributed by atoms with van der Waals surface area (Å²) in [6.45, 7) is 2.55. The van der Waals surface area contributed by atoms with Gasteiger partial charge in [0.1, 0.15) is 23.1 Å². The number of Topliss-reactive ketones (excluding diaryl/α,β-unsaturated/α-hetero) is 1. The van der Waals surface area contributed by atoms with Gasteiger partial charge in [0.2, 0.25) is 5.78 Å². The molecule has 7 nitrogen and oxygen atoms in total. The normalized spacial score (nSPS) is 16.1. The fourth-order valence-electron chi connectivity index (χ4n) is 4.11. The molecular weight excluding hydrogens is 422 g/mol. The Hall–Kier alpha value is -4.26. The number of para-hydroxylation sites is 1. The van der Waals surface area contributed by atoms with E-state index in [1.54, 1.807) is 30.3 Å². The highest BCUT2D eigenvalue weighted by Gasteiger charge is 2.46. The monoisotopic (exact) mass is 443 g/mol. The smallest absolute Gasteiger partial charge is 0.290 e. The molecular formula is C26H21NO6. The minimum absolute atomic E-state index is 0.0438. The first-order valence-electron chi connectivity index (χ1n) is 10.6. The summed E-state index contributed by atoms with van der Waals surface area (Å²) in [6.07, 6.45) is 1.46. The first-order chi connectivity index (χ1) is 16.1. The van der Waals surface area contributed by atoms with Gasteiger partial charge in [-0.05, 0) is 48.9 Å². The summed E-state index contributed by atoms with van der Waals surface area (Å²) in [5, 5.41) is 11.5. The number of ketones is 1. The van der Waals surface area contributed by atoms with Crippen LogP contribution in [0.5, 0.6) is 5.75 Å². The Balaban J connectivity index is 1.54. The van der Waals surface area contributed by atoms with Crippen LogP contribution in [-0.4, -0.2) is 28.3 Å². The number of nitrogens with zero attached hydrogens (tertiary/aromatic N) is 1. The van der Waals surface area contributed by atoms with Gasteiger partial charge in [-0.2, -0.15) is 0 Å². The van der Waals surface area contributed by atoms with E-state index in [1.807, 2.05) is 43.3 Å². The van der Waals surface area contributed by atoms with Gasteiger partial charge in [0.15, 0.2) is 11.5 Å². The van der Waals surface area contributed by atoms with Crippen LogP contribution in [0.15, 0.2) is 93.2 Å². The molecule has 4 aromatic rings. The van der Waals surface area contributed by atoms with Crippen molar-refractivity contribution in [3.05, 3.63) is 101 Å². The number of hydrogen-bond acceptors (Lipinski definition) is 6.